The lowest BCUT2D eigenvalue weighted by Crippen LogP contribution is -1.99. The summed E-state index contributed by atoms with van der Waals surface area (Å²) >= 11 is 3.49. The Kier molecular flexibility index (Phi) is 3.85. The molecule has 1 aromatic carbocycles. The Morgan fingerprint density at radius 2 is 2.23 bits per heavy atom. The van der Waals surface area contributed by atoms with Crippen molar-refractivity contribution in [3.05, 3.63) is 28.2 Å². The highest BCUT2D eigenvalue weighted by molar-refractivity contribution is 9.10. The molecule has 0 unspecified atom stereocenters. The summed E-state index contributed by atoms with van der Waals surface area (Å²) in [7, 11) is 0. The minimum atomic E-state index is 0.693. The van der Waals surface area contributed by atoms with E-state index in [1.807, 2.05) is 6.92 Å². The van der Waals surface area contributed by atoms with Gasteiger partial charge in [-0.25, -0.2) is 0 Å². The maximum Gasteiger partial charge on any atom is 0.0766 e. The van der Waals surface area contributed by atoms with Crippen LogP contribution in [0.4, 0.5) is 5.69 Å². The van der Waals surface area contributed by atoms with Gasteiger partial charge in [0.2, 0.25) is 0 Å². The second-order valence-electron chi connectivity index (χ2n) is 2.76. The summed E-state index contributed by atoms with van der Waals surface area (Å²) in [5, 5.41) is 3.22. The zero-order valence-corrected chi connectivity index (χ0v) is 9.40. The molecule has 0 amide bonds. The van der Waals surface area contributed by atoms with Gasteiger partial charge >= 0.3 is 0 Å². The van der Waals surface area contributed by atoms with Crippen molar-refractivity contribution in [1.82, 2.24) is 0 Å². The molecule has 0 radical (unpaired) electrons. The van der Waals surface area contributed by atoms with Crippen LogP contribution >= 0.6 is 15.9 Å². The van der Waals surface area contributed by atoms with Crippen LogP contribution in [0, 0.1) is 18.8 Å². The van der Waals surface area contributed by atoms with E-state index in [4.69, 9.17) is 0 Å². The van der Waals surface area contributed by atoms with Crippen LogP contribution in [0.2, 0.25) is 0 Å². The average Bonchev–Trinajstić information content (AvgIpc) is 2.09. The maximum absolute atomic E-state index is 3.49. The summed E-state index contributed by atoms with van der Waals surface area (Å²) in [6.45, 7) is 4.60. The molecule has 2 heteroatoms. The quantitative estimate of drug-likeness (QED) is 0.780. The molecule has 0 saturated heterocycles. The van der Waals surface area contributed by atoms with E-state index in [-0.39, 0.29) is 0 Å². The van der Waals surface area contributed by atoms with Gasteiger partial charge in [-0.1, -0.05) is 12.0 Å². The van der Waals surface area contributed by atoms with Gasteiger partial charge in [0.25, 0.3) is 0 Å². The van der Waals surface area contributed by atoms with Gasteiger partial charge in [0.15, 0.2) is 0 Å². The molecule has 1 aromatic rings. The van der Waals surface area contributed by atoms with Gasteiger partial charge in [0, 0.05) is 10.2 Å². The fourth-order valence-corrected chi connectivity index (χ4v) is 1.62. The van der Waals surface area contributed by atoms with Crippen molar-refractivity contribution < 1.29 is 0 Å². The van der Waals surface area contributed by atoms with E-state index in [1.54, 1.807) is 0 Å². The maximum atomic E-state index is 3.49. The lowest BCUT2D eigenvalue weighted by molar-refractivity contribution is 1.34. The van der Waals surface area contributed by atoms with Gasteiger partial charge in [0.05, 0.1) is 6.54 Å². The number of nitrogens with one attached hydrogen (secondary N) is 1. The predicted octanol–water partition coefficient (Wildman–Crippen LogP) is 3.19. The van der Waals surface area contributed by atoms with Crippen LogP contribution in [0.3, 0.4) is 0 Å². The molecule has 0 atom stereocenters. The van der Waals surface area contributed by atoms with Gasteiger partial charge < -0.3 is 5.32 Å². The summed E-state index contributed by atoms with van der Waals surface area (Å²) < 4.78 is 1.09. The Morgan fingerprint density at radius 1 is 1.46 bits per heavy atom. The van der Waals surface area contributed by atoms with Crippen LogP contribution in [-0.4, -0.2) is 6.54 Å². The first-order valence-corrected chi connectivity index (χ1v) is 4.93. The van der Waals surface area contributed by atoms with Crippen LogP contribution in [-0.2, 0) is 0 Å². The standard InChI is InChI=1S/C11H12BrN/c1-3-4-7-13-11-6-5-9(2)8-10(11)12/h5-6,8,13H,7H2,1-2H3. The van der Waals surface area contributed by atoms with E-state index in [2.05, 4.69) is 58.2 Å². The first-order valence-electron chi connectivity index (χ1n) is 4.13. The van der Waals surface area contributed by atoms with E-state index < -0.39 is 0 Å². The van der Waals surface area contributed by atoms with Gasteiger partial charge in [0.1, 0.15) is 0 Å². The van der Waals surface area contributed by atoms with Crippen LogP contribution < -0.4 is 5.32 Å². The molecular formula is C11H12BrN. The molecule has 1 nitrogen and oxygen atoms in total. The molecule has 0 aliphatic rings. The fourth-order valence-electron chi connectivity index (χ4n) is 0.991. The minimum absolute atomic E-state index is 0.693. The number of halogens is 1. The summed E-state index contributed by atoms with van der Waals surface area (Å²) in [6.07, 6.45) is 0. The lowest BCUT2D eigenvalue weighted by Gasteiger charge is -2.05. The van der Waals surface area contributed by atoms with E-state index in [1.165, 1.54) is 5.56 Å². The van der Waals surface area contributed by atoms with Gasteiger partial charge in [-0.15, -0.1) is 5.92 Å². The van der Waals surface area contributed by atoms with E-state index >= 15 is 0 Å². The molecule has 0 aliphatic carbocycles. The Bertz CT molecular complexity index is 347. The predicted molar refractivity (Wildman–Crippen MR) is 60.8 cm³/mol. The third kappa shape index (κ3) is 3.12. The smallest absolute Gasteiger partial charge is 0.0766 e. The molecule has 0 bridgehead atoms. The third-order valence-electron chi connectivity index (χ3n) is 1.67. The molecule has 0 fully saturated rings. The van der Waals surface area contributed by atoms with Gasteiger partial charge in [-0.3, -0.25) is 0 Å². The average molecular weight is 238 g/mol. The molecule has 1 N–H and O–H groups in total. The number of aryl methyl sites for hydroxylation is 1. The van der Waals surface area contributed by atoms with Crippen molar-refractivity contribution in [2.24, 2.45) is 0 Å². The fraction of sp³-hybridized carbons (Fsp3) is 0.273. The molecule has 1 rings (SSSR count). The zero-order chi connectivity index (χ0) is 9.68. The lowest BCUT2D eigenvalue weighted by atomic mass is 10.2. The second-order valence-corrected chi connectivity index (χ2v) is 3.62. The highest BCUT2D eigenvalue weighted by Gasteiger charge is 1.96. The molecule has 0 aromatic heterocycles. The van der Waals surface area contributed by atoms with Crippen LogP contribution in [0.5, 0.6) is 0 Å². The first-order chi connectivity index (χ1) is 6.24. The highest BCUT2D eigenvalue weighted by Crippen LogP contribution is 2.22. The molecule has 0 heterocycles. The number of benzene rings is 1. The van der Waals surface area contributed by atoms with Gasteiger partial charge in [-0.2, -0.15) is 0 Å². The minimum Gasteiger partial charge on any atom is -0.373 e. The topological polar surface area (TPSA) is 12.0 Å². The summed E-state index contributed by atoms with van der Waals surface area (Å²) in [5.41, 5.74) is 2.34. The zero-order valence-electron chi connectivity index (χ0n) is 7.82. The van der Waals surface area contributed by atoms with Gasteiger partial charge in [-0.05, 0) is 47.5 Å². The van der Waals surface area contributed by atoms with Crippen molar-refractivity contribution in [1.29, 1.82) is 0 Å². The number of hydrogen-bond acceptors (Lipinski definition) is 1. The third-order valence-corrected chi connectivity index (χ3v) is 2.32. The molecule has 13 heavy (non-hydrogen) atoms. The number of anilines is 1. The number of hydrogen-bond donors (Lipinski definition) is 1. The molecule has 0 saturated carbocycles. The summed E-state index contributed by atoms with van der Waals surface area (Å²) in [4.78, 5) is 0. The monoisotopic (exact) mass is 237 g/mol. The molecular weight excluding hydrogens is 226 g/mol. The van der Waals surface area contributed by atoms with Crippen molar-refractivity contribution in [2.75, 3.05) is 11.9 Å². The molecule has 68 valence electrons. The Hall–Kier alpha value is -0.940. The van der Waals surface area contributed by atoms with Crippen molar-refractivity contribution in [3.8, 4) is 11.8 Å². The Balaban J connectivity index is 2.70. The van der Waals surface area contributed by atoms with Crippen LogP contribution in [0.15, 0.2) is 22.7 Å². The van der Waals surface area contributed by atoms with Crippen molar-refractivity contribution in [3.63, 3.8) is 0 Å². The summed E-state index contributed by atoms with van der Waals surface area (Å²) in [5.74, 6) is 5.80. The Morgan fingerprint density at radius 3 is 2.85 bits per heavy atom. The van der Waals surface area contributed by atoms with E-state index in [0.29, 0.717) is 6.54 Å². The first kappa shape index (κ1) is 10.1. The van der Waals surface area contributed by atoms with E-state index in [0.717, 1.165) is 10.2 Å². The highest BCUT2D eigenvalue weighted by atomic mass is 79.9. The normalized spacial score (nSPS) is 8.85. The van der Waals surface area contributed by atoms with Crippen molar-refractivity contribution >= 4 is 21.6 Å². The van der Waals surface area contributed by atoms with Crippen LogP contribution in [0.1, 0.15) is 12.5 Å². The van der Waals surface area contributed by atoms with E-state index in [9.17, 15) is 0 Å². The molecule has 0 aliphatic heterocycles. The molecule has 0 spiro atoms. The Labute approximate surface area is 87.7 Å². The van der Waals surface area contributed by atoms with Crippen molar-refractivity contribution in [2.45, 2.75) is 13.8 Å². The largest absolute Gasteiger partial charge is 0.373 e. The SMILES string of the molecule is CC#CCNc1ccc(C)cc1Br. The second kappa shape index (κ2) is 4.94. The number of rotatable bonds is 2. The summed E-state index contributed by atoms with van der Waals surface area (Å²) in [6, 6.07) is 6.21. The van der Waals surface area contributed by atoms with Crippen LogP contribution in [0.25, 0.3) is 0 Å².